The van der Waals surface area contributed by atoms with Crippen LogP contribution in [0, 0.1) is 0 Å². The van der Waals surface area contributed by atoms with Crippen LogP contribution in [0.5, 0.6) is 5.75 Å². The van der Waals surface area contributed by atoms with Crippen molar-refractivity contribution in [3.8, 4) is 5.75 Å². The molecule has 7 nitrogen and oxygen atoms in total. The summed E-state index contributed by atoms with van der Waals surface area (Å²) < 4.78 is 87.6. The summed E-state index contributed by atoms with van der Waals surface area (Å²) in [6.45, 7) is 4.15. The first-order chi connectivity index (χ1) is 11.2. The van der Waals surface area contributed by atoms with Gasteiger partial charge >= 0.3 is 15.6 Å². The van der Waals surface area contributed by atoms with Gasteiger partial charge in [0.1, 0.15) is 5.75 Å². The van der Waals surface area contributed by atoms with Crippen molar-refractivity contribution in [2.24, 2.45) is 0 Å². The Morgan fingerprint density at radius 3 is 1.92 bits per heavy atom. The molecule has 1 aromatic rings. The second-order valence-corrected chi connectivity index (χ2v) is 9.11. The Balaban J connectivity index is 2.91. The zero-order chi connectivity index (χ0) is 19.6. The minimum atomic E-state index is -5.79. The normalized spacial score (nSPS) is 14.2. The number of benzene rings is 1. The molecule has 0 aromatic heterocycles. The topological polar surface area (TPSA) is 107 Å². The monoisotopic (exact) mass is 403 g/mol. The maximum atomic E-state index is 12.2. The Labute approximate surface area is 143 Å². The maximum Gasteiger partial charge on any atom is 0.534 e. The van der Waals surface area contributed by atoms with Crippen molar-refractivity contribution in [1.82, 2.24) is 4.72 Å². The van der Waals surface area contributed by atoms with Crippen LogP contribution in [0.25, 0.3) is 0 Å². The molecule has 1 amide bonds. The standard InChI is InChI=1S/C13H16F3NO6S2/c1-8(2)24(19,20)17-12(18)9(3)10-4-6-11(7-5-10)23-25(21,22)13(14,15)16/h4-9H,1-3H3,(H,17,18)/t9-/m1/s1. The molecule has 0 saturated heterocycles. The number of nitrogens with one attached hydrogen (secondary N) is 1. The number of rotatable bonds is 6. The third-order valence-corrected chi connectivity index (χ3v) is 5.83. The predicted octanol–water partition coefficient (Wildman–Crippen LogP) is 1.87. The van der Waals surface area contributed by atoms with Gasteiger partial charge in [-0.25, -0.2) is 8.42 Å². The van der Waals surface area contributed by atoms with E-state index in [-0.39, 0.29) is 5.56 Å². The lowest BCUT2D eigenvalue weighted by Gasteiger charge is -2.15. The first-order valence-electron chi connectivity index (χ1n) is 6.83. The molecule has 0 aliphatic rings. The van der Waals surface area contributed by atoms with E-state index in [0.717, 1.165) is 24.3 Å². The van der Waals surface area contributed by atoms with E-state index >= 15 is 0 Å². The quantitative estimate of drug-likeness (QED) is 0.574. The van der Waals surface area contributed by atoms with E-state index in [0.29, 0.717) is 0 Å². The van der Waals surface area contributed by atoms with E-state index in [1.54, 1.807) is 0 Å². The highest BCUT2D eigenvalue weighted by molar-refractivity contribution is 7.90. The molecule has 0 spiro atoms. The highest BCUT2D eigenvalue weighted by atomic mass is 32.2. The molecule has 142 valence electrons. The van der Waals surface area contributed by atoms with Gasteiger partial charge in [0.2, 0.25) is 15.9 Å². The molecule has 0 saturated carbocycles. The van der Waals surface area contributed by atoms with Crippen molar-refractivity contribution < 1.29 is 39.0 Å². The fourth-order valence-electron chi connectivity index (χ4n) is 1.48. The zero-order valence-electron chi connectivity index (χ0n) is 13.4. The molecule has 1 aromatic carbocycles. The lowest BCUT2D eigenvalue weighted by molar-refractivity contribution is -0.120. The lowest BCUT2D eigenvalue weighted by Crippen LogP contribution is -2.38. The smallest absolute Gasteiger partial charge is 0.376 e. The van der Waals surface area contributed by atoms with Gasteiger partial charge in [0, 0.05) is 0 Å². The number of hydrogen-bond donors (Lipinski definition) is 1. The summed E-state index contributed by atoms with van der Waals surface area (Å²) in [6, 6.07) is 4.18. The van der Waals surface area contributed by atoms with Crippen molar-refractivity contribution in [2.75, 3.05) is 0 Å². The van der Waals surface area contributed by atoms with E-state index in [1.165, 1.54) is 20.8 Å². The molecule has 0 fully saturated rings. The molecule has 0 aliphatic heterocycles. The van der Waals surface area contributed by atoms with Gasteiger partial charge in [0.05, 0.1) is 11.2 Å². The van der Waals surface area contributed by atoms with E-state index in [1.807, 2.05) is 4.72 Å². The molecular weight excluding hydrogens is 387 g/mol. The van der Waals surface area contributed by atoms with Crippen LogP contribution < -0.4 is 8.91 Å². The van der Waals surface area contributed by atoms with Crippen molar-refractivity contribution >= 4 is 26.0 Å². The summed E-state index contributed by atoms with van der Waals surface area (Å²) in [7, 11) is -9.62. The zero-order valence-corrected chi connectivity index (χ0v) is 15.0. The van der Waals surface area contributed by atoms with Crippen LogP contribution >= 0.6 is 0 Å². The van der Waals surface area contributed by atoms with E-state index in [4.69, 9.17) is 0 Å². The fourth-order valence-corrected chi connectivity index (χ4v) is 2.64. The predicted molar refractivity (Wildman–Crippen MR) is 82.7 cm³/mol. The largest absolute Gasteiger partial charge is 0.534 e. The summed E-state index contributed by atoms with van der Waals surface area (Å²) in [5, 5.41) is -0.827. The van der Waals surface area contributed by atoms with Gasteiger partial charge < -0.3 is 4.18 Å². The molecule has 0 bridgehead atoms. The summed E-state index contributed by atoms with van der Waals surface area (Å²) in [4.78, 5) is 11.9. The summed E-state index contributed by atoms with van der Waals surface area (Å²) in [5.41, 5.74) is -5.31. The van der Waals surface area contributed by atoms with Crippen LogP contribution in [0.4, 0.5) is 13.2 Å². The number of hydrogen-bond acceptors (Lipinski definition) is 6. The Hall–Kier alpha value is -1.82. The van der Waals surface area contributed by atoms with Gasteiger partial charge in [-0.05, 0) is 38.5 Å². The Morgan fingerprint density at radius 2 is 1.52 bits per heavy atom. The van der Waals surface area contributed by atoms with E-state index < -0.39 is 48.5 Å². The number of halogens is 3. The van der Waals surface area contributed by atoms with Crippen LogP contribution in [-0.2, 0) is 24.9 Å². The number of carbonyl (C=O) groups excluding carboxylic acids is 1. The molecule has 12 heteroatoms. The average Bonchev–Trinajstić information content (AvgIpc) is 2.45. The van der Waals surface area contributed by atoms with Crippen molar-refractivity contribution in [1.29, 1.82) is 0 Å². The van der Waals surface area contributed by atoms with Crippen molar-refractivity contribution in [2.45, 2.75) is 37.4 Å². The van der Waals surface area contributed by atoms with Crippen LogP contribution in [0.3, 0.4) is 0 Å². The fraction of sp³-hybridized carbons (Fsp3) is 0.462. The minimum Gasteiger partial charge on any atom is -0.376 e. The first kappa shape index (κ1) is 21.2. The third-order valence-electron chi connectivity index (χ3n) is 3.13. The molecule has 0 heterocycles. The molecule has 25 heavy (non-hydrogen) atoms. The molecule has 0 unspecified atom stereocenters. The van der Waals surface area contributed by atoms with Crippen LogP contribution in [0.15, 0.2) is 24.3 Å². The molecule has 1 rings (SSSR count). The van der Waals surface area contributed by atoms with Crippen molar-refractivity contribution in [3.63, 3.8) is 0 Å². The summed E-state index contributed by atoms with van der Waals surface area (Å²) in [5.74, 6) is -2.37. The lowest BCUT2D eigenvalue weighted by atomic mass is 10.0. The van der Waals surface area contributed by atoms with Gasteiger partial charge in [-0.3, -0.25) is 9.52 Å². The number of amides is 1. The summed E-state index contributed by atoms with van der Waals surface area (Å²) >= 11 is 0. The molecule has 1 atom stereocenters. The Kier molecular flexibility index (Phi) is 6.11. The minimum absolute atomic E-state index is 0.258. The first-order valence-corrected chi connectivity index (χ1v) is 9.79. The van der Waals surface area contributed by atoms with Gasteiger partial charge in [-0.1, -0.05) is 12.1 Å². The van der Waals surface area contributed by atoms with Crippen molar-refractivity contribution in [3.05, 3.63) is 29.8 Å². The second-order valence-electron chi connectivity index (χ2n) is 5.33. The molecular formula is C13H16F3NO6S2. The number of alkyl halides is 3. The molecule has 0 radical (unpaired) electrons. The maximum absolute atomic E-state index is 12.2. The highest BCUT2D eigenvalue weighted by Crippen LogP contribution is 2.28. The van der Waals surface area contributed by atoms with E-state index in [2.05, 4.69) is 4.18 Å². The van der Waals surface area contributed by atoms with Gasteiger partial charge in [-0.15, -0.1) is 0 Å². The Bertz CT molecular complexity index is 830. The van der Waals surface area contributed by atoms with Gasteiger partial charge in [0.25, 0.3) is 0 Å². The van der Waals surface area contributed by atoms with Gasteiger partial charge in [0.15, 0.2) is 0 Å². The summed E-state index contributed by atoms with van der Waals surface area (Å²) in [6.07, 6.45) is 0. The third kappa shape index (κ3) is 5.33. The second kappa shape index (κ2) is 7.20. The molecule has 0 aliphatic carbocycles. The highest BCUT2D eigenvalue weighted by Gasteiger charge is 2.48. The number of carbonyl (C=O) groups is 1. The van der Waals surface area contributed by atoms with Gasteiger partial charge in [-0.2, -0.15) is 21.6 Å². The van der Waals surface area contributed by atoms with E-state index in [9.17, 15) is 34.8 Å². The van der Waals surface area contributed by atoms with Crippen LogP contribution in [0.2, 0.25) is 0 Å². The molecule has 1 N–H and O–H groups in total. The van der Waals surface area contributed by atoms with Crippen LogP contribution in [-0.4, -0.2) is 33.5 Å². The number of sulfonamides is 1. The average molecular weight is 403 g/mol. The van der Waals surface area contributed by atoms with Crippen LogP contribution in [0.1, 0.15) is 32.3 Å². The SMILES string of the molecule is CC(C)S(=O)(=O)NC(=O)[C@H](C)c1ccc(OS(=O)(=O)C(F)(F)F)cc1. The Morgan fingerprint density at radius 1 is 1.04 bits per heavy atom.